The molecule has 25 heavy (non-hydrogen) atoms. The van der Waals surface area contributed by atoms with Gasteiger partial charge in [0, 0.05) is 51.3 Å². The second-order valence-electron chi connectivity index (χ2n) is 8.70. The molecule has 0 fully saturated rings. The molecule has 0 spiro atoms. The standard InChI is InChI=1S/C21H30N2OSi/c1-25(2,3)14-13-24-16-23-20-9-5-4-8-18(20)19-10-12-22-11-6-7-17(15-22)21(19)23/h4-9,17H,10-16H2,1-3H3. The van der Waals surface area contributed by atoms with Crippen LogP contribution in [0.25, 0.3) is 10.9 Å². The van der Waals surface area contributed by atoms with Crippen LogP contribution in [0.2, 0.25) is 25.7 Å². The Kier molecular flexibility index (Phi) is 4.61. The minimum atomic E-state index is -1.04. The molecular weight excluding hydrogens is 324 g/mol. The number of fused-ring (bicyclic) bond motifs is 6. The summed E-state index contributed by atoms with van der Waals surface area (Å²) in [5, 5.41) is 1.42. The van der Waals surface area contributed by atoms with Gasteiger partial charge in [-0.15, -0.1) is 0 Å². The largest absolute Gasteiger partial charge is 0.361 e. The number of hydrogen-bond donors (Lipinski definition) is 0. The Morgan fingerprint density at radius 1 is 1.20 bits per heavy atom. The molecule has 2 unspecified atom stereocenters. The molecule has 0 saturated heterocycles. The van der Waals surface area contributed by atoms with Crippen molar-refractivity contribution in [3.05, 3.63) is 47.7 Å². The summed E-state index contributed by atoms with van der Waals surface area (Å²) in [4.78, 5) is 2.58. The van der Waals surface area contributed by atoms with Crippen molar-refractivity contribution >= 4 is 19.0 Å². The molecule has 0 saturated carbocycles. The summed E-state index contributed by atoms with van der Waals surface area (Å²) in [7, 11) is -1.04. The van der Waals surface area contributed by atoms with Gasteiger partial charge in [-0.05, 0) is 24.1 Å². The van der Waals surface area contributed by atoms with Crippen LogP contribution in [-0.4, -0.2) is 43.8 Å². The number of nitrogens with zero attached hydrogens (tertiary/aromatic N) is 2. The lowest BCUT2D eigenvalue weighted by Gasteiger charge is -2.27. The number of hydrogen-bond acceptors (Lipinski definition) is 2. The SMILES string of the molecule is C[Si](C)(C)CCOCn1c2c(c3ccccc31)CCN1CC=CC2C1. The first-order valence-corrected chi connectivity index (χ1v) is 13.3. The van der Waals surface area contributed by atoms with Crippen LogP contribution < -0.4 is 0 Å². The normalized spacial score (nSPS) is 22.8. The lowest BCUT2D eigenvalue weighted by molar-refractivity contribution is 0.0877. The molecule has 2 atom stereocenters. The fourth-order valence-electron chi connectivity index (χ4n) is 4.17. The van der Waals surface area contributed by atoms with E-state index in [-0.39, 0.29) is 0 Å². The van der Waals surface area contributed by atoms with Gasteiger partial charge in [-0.25, -0.2) is 0 Å². The van der Waals surface area contributed by atoms with Crippen LogP contribution in [0.4, 0.5) is 0 Å². The van der Waals surface area contributed by atoms with E-state index in [4.69, 9.17) is 4.74 Å². The maximum Gasteiger partial charge on any atom is 0.123 e. The van der Waals surface area contributed by atoms with Crippen molar-refractivity contribution in [1.82, 2.24) is 9.47 Å². The molecule has 0 amide bonds. The summed E-state index contributed by atoms with van der Waals surface area (Å²) in [6, 6.07) is 10.1. The molecule has 0 aliphatic carbocycles. The molecule has 2 bridgehead atoms. The fourth-order valence-corrected chi connectivity index (χ4v) is 4.93. The van der Waals surface area contributed by atoms with Gasteiger partial charge >= 0.3 is 0 Å². The van der Waals surface area contributed by atoms with Gasteiger partial charge in [0.15, 0.2) is 0 Å². The average Bonchev–Trinajstić information content (AvgIpc) is 2.83. The molecule has 2 aliphatic heterocycles. The summed E-state index contributed by atoms with van der Waals surface area (Å²) in [6.07, 6.45) is 5.91. The minimum Gasteiger partial charge on any atom is -0.361 e. The molecule has 2 aliphatic rings. The number of ether oxygens (including phenoxy) is 1. The monoisotopic (exact) mass is 354 g/mol. The van der Waals surface area contributed by atoms with E-state index in [0.717, 1.165) is 26.1 Å². The van der Waals surface area contributed by atoms with Crippen molar-refractivity contribution in [3.63, 3.8) is 0 Å². The maximum absolute atomic E-state index is 6.17. The fraction of sp³-hybridized carbons (Fsp3) is 0.524. The molecule has 1 aromatic heterocycles. The quantitative estimate of drug-likeness (QED) is 0.448. The molecule has 0 N–H and O–H groups in total. The van der Waals surface area contributed by atoms with Crippen LogP contribution in [0.3, 0.4) is 0 Å². The van der Waals surface area contributed by atoms with Gasteiger partial charge < -0.3 is 9.30 Å². The molecule has 3 nitrogen and oxygen atoms in total. The van der Waals surface area contributed by atoms with Gasteiger partial charge in [0.25, 0.3) is 0 Å². The van der Waals surface area contributed by atoms with E-state index in [9.17, 15) is 0 Å². The van der Waals surface area contributed by atoms with E-state index in [1.165, 1.54) is 29.2 Å². The lowest BCUT2D eigenvalue weighted by Crippen LogP contribution is -2.31. The molecule has 4 rings (SSSR count). The molecule has 1 aromatic carbocycles. The van der Waals surface area contributed by atoms with E-state index in [0.29, 0.717) is 12.6 Å². The van der Waals surface area contributed by atoms with Crippen LogP contribution in [-0.2, 0) is 17.9 Å². The van der Waals surface area contributed by atoms with E-state index < -0.39 is 8.07 Å². The first-order chi connectivity index (χ1) is 12.0. The Morgan fingerprint density at radius 3 is 2.88 bits per heavy atom. The summed E-state index contributed by atoms with van der Waals surface area (Å²) in [5.74, 6) is 0.499. The number of aromatic nitrogens is 1. The third-order valence-corrected chi connectivity index (χ3v) is 7.26. The van der Waals surface area contributed by atoms with Gasteiger partial charge in [0.1, 0.15) is 6.73 Å². The lowest BCUT2D eigenvalue weighted by atomic mass is 9.98. The van der Waals surface area contributed by atoms with E-state index in [2.05, 4.69) is 65.5 Å². The summed E-state index contributed by atoms with van der Waals surface area (Å²) >= 11 is 0. The van der Waals surface area contributed by atoms with Gasteiger partial charge in [0.05, 0.1) is 5.52 Å². The van der Waals surface area contributed by atoms with E-state index in [1.807, 2.05) is 0 Å². The van der Waals surface area contributed by atoms with Crippen LogP contribution in [0, 0.1) is 0 Å². The zero-order chi connectivity index (χ0) is 17.4. The number of rotatable bonds is 5. The predicted octanol–water partition coefficient (Wildman–Crippen LogP) is 4.47. The van der Waals surface area contributed by atoms with Crippen molar-refractivity contribution in [2.24, 2.45) is 0 Å². The number of para-hydroxylation sites is 1. The molecule has 134 valence electrons. The van der Waals surface area contributed by atoms with Crippen LogP contribution in [0.15, 0.2) is 36.4 Å². The average molecular weight is 355 g/mol. The van der Waals surface area contributed by atoms with E-state index in [1.54, 1.807) is 5.56 Å². The van der Waals surface area contributed by atoms with Crippen molar-refractivity contribution in [2.45, 2.75) is 44.8 Å². The van der Waals surface area contributed by atoms with Crippen molar-refractivity contribution in [3.8, 4) is 0 Å². The van der Waals surface area contributed by atoms with E-state index >= 15 is 0 Å². The smallest absolute Gasteiger partial charge is 0.123 e. The highest BCUT2D eigenvalue weighted by Gasteiger charge is 2.29. The summed E-state index contributed by atoms with van der Waals surface area (Å²) in [5.41, 5.74) is 4.38. The van der Waals surface area contributed by atoms with Gasteiger partial charge in [0.2, 0.25) is 0 Å². The van der Waals surface area contributed by atoms with Crippen LogP contribution >= 0.6 is 0 Å². The Bertz CT molecular complexity index is 787. The Labute approximate surface area is 152 Å². The van der Waals surface area contributed by atoms with Crippen molar-refractivity contribution in [1.29, 1.82) is 0 Å². The topological polar surface area (TPSA) is 17.4 Å². The summed E-state index contributed by atoms with van der Waals surface area (Å²) in [6.45, 7) is 12.2. The number of benzene rings is 1. The maximum atomic E-state index is 6.17. The zero-order valence-electron chi connectivity index (χ0n) is 15.8. The molecule has 4 heteroatoms. The van der Waals surface area contributed by atoms with Gasteiger partial charge in [-0.1, -0.05) is 50.0 Å². The molecular formula is C21H30N2OSi. The highest BCUT2D eigenvalue weighted by molar-refractivity contribution is 6.76. The third-order valence-electron chi connectivity index (χ3n) is 5.55. The second-order valence-corrected chi connectivity index (χ2v) is 14.3. The van der Waals surface area contributed by atoms with Gasteiger partial charge in [-0.2, -0.15) is 0 Å². The second kappa shape index (κ2) is 6.75. The van der Waals surface area contributed by atoms with Crippen molar-refractivity contribution < 1.29 is 4.74 Å². The third kappa shape index (κ3) is 3.48. The van der Waals surface area contributed by atoms with Crippen LogP contribution in [0.5, 0.6) is 0 Å². The predicted molar refractivity (Wildman–Crippen MR) is 108 cm³/mol. The Hall–Kier alpha value is -1.36. The molecule has 0 radical (unpaired) electrons. The first kappa shape index (κ1) is 17.1. The highest BCUT2D eigenvalue weighted by Crippen LogP contribution is 2.36. The zero-order valence-corrected chi connectivity index (χ0v) is 16.8. The van der Waals surface area contributed by atoms with Gasteiger partial charge in [-0.3, -0.25) is 4.90 Å². The molecule has 2 aromatic rings. The Balaban J connectivity index is 1.68. The van der Waals surface area contributed by atoms with Crippen LogP contribution in [0.1, 0.15) is 17.2 Å². The Morgan fingerprint density at radius 2 is 2.04 bits per heavy atom. The molecule has 3 heterocycles. The summed E-state index contributed by atoms with van der Waals surface area (Å²) < 4.78 is 8.62. The minimum absolute atomic E-state index is 0.499. The first-order valence-electron chi connectivity index (χ1n) is 9.60. The van der Waals surface area contributed by atoms with Crippen molar-refractivity contribution in [2.75, 3.05) is 26.2 Å². The highest BCUT2D eigenvalue weighted by atomic mass is 28.3.